The van der Waals surface area contributed by atoms with E-state index in [-0.39, 0.29) is 32.0 Å². The van der Waals surface area contributed by atoms with Crippen LogP contribution in [0.5, 0.6) is 0 Å². The second-order valence-corrected chi connectivity index (χ2v) is 26.6. The first-order valence-electron chi connectivity index (χ1n) is 35.9. The number of phosphoric ester groups is 1. The normalized spacial score (nSPS) is 13.7. The number of unbranched alkanes of at least 4 members (excludes halogenated alkanes) is 36. The molecule has 0 saturated carbocycles. The minimum absolute atomic E-state index is 0.0370. The number of esters is 2. The molecule has 0 aliphatic rings. The van der Waals surface area contributed by atoms with E-state index in [1.165, 1.54) is 186 Å². The van der Waals surface area contributed by atoms with Crippen molar-refractivity contribution in [1.29, 1.82) is 0 Å². The number of carbonyl (C=O) groups excluding carboxylic acids is 2. The molecule has 0 bridgehead atoms. The number of likely N-dealkylation sites (N-methyl/N-ethyl adjacent to an activating group) is 1. The van der Waals surface area contributed by atoms with Crippen LogP contribution in [0.2, 0.25) is 0 Å². The Balaban J connectivity index is 4.00. The molecule has 0 aliphatic carbocycles. The van der Waals surface area contributed by atoms with E-state index in [0.29, 0.717) is 17.4 Å². The van der Waals surface area contributed by atoms with Crippen molar-refractivity contribution in [3.63, 3.8) is 0 Å². The van der Waals surface area contributed by atoms with Crippen molar-refractivity contribution >= 4 is 19.8 Å². The Morgan fingerprint density at radius 2 is 0.663 bits per heavy atom. The predicted octanol–water partition coefficient (Wildman–Crippen LogP) is 22.9. The Kier molecular flexibility index (Phi) is 64.0. The highest BCUT2D eigenvalue weighted by molar-refractivity contribution is 7.45. The minimum atomic E-state index is -4.65. The van der Waals surface area contributed by atoms with E-state index in [2.05, 4.69) is 111 Å². The molecule has 0 N–H and O–H groups in total. The molecule has 0 aromatic carbocycles. The van der Waals surface area contributed by atoms with Crippen LogP contribution in [-0.2, 0) is 32.7 Å². The zero-order valence-corrected chi connectivity index (χ0v) is 57.6. The summed E-state index contributed by atoms with van der Waals surface area (Å²) in [5.41, 5.74) is 0. The molecule has 0 fully saturated rings. The SMILES string of the molecule is CC/C=C\C/C=C\C/C=C\C/C=C\C/C=C\C/C=C\CCCCCCCCC(=O)OC(COC(=O)CCCCCCCCCCCCCCCCCCCCCCCCCCC/C=C\C/C=C\CCCCCCC)COP(=O)([O-])OCC[N+](C)(C)C. The van der Waals surface area contributed by atoms with Crippen molar-refractivity contribution in [2.24, 2.45) is 0 Å². The summed E-state index contributed by atoms with van der Waals surface area (Å²) >= 11 is 0. The van der Waals surface area contributed by atoms with Crippen molar-refractivity contribution in [2.45, 2.75) is 328 Å². The van der Waals surface area contributed by atoms with Gasteiger partial charge < -0.3 is 27.9 Å². The molecule has 9 nitrogen and oxygen atoms in total. The van der Waals surface area contributed by atoms with E-state index >= 15 is 0 Å². The summed E-state index contributed by atoms with van der Waals surface area (Å²) in [7, 11) is 1.15. The van der Waals surface area contributed by atoms with Gasteiger partial charge in [-0.15, -0.1) is 0 Å². The van der Waals surface area contributed by atoms with Crippen molar-refractivity contribution in [3.8, 4) is 0 Å². The molecule has 0 rings (SSSR count). The number of phosphoric acid groups is 1. The summed E-state index contributed by atoms with van der Waals surface area (Å²) < 4.78 is 34.3. The van der Waals surface area contributed by atoms with Crippen LogP contribution < -0.4 is 4.89 Å². The van der Waals surface area contributed by atoms with Gasteiger partial charge in [-0.2, -0.15) is 0 Å². The molecular formula is C76H136NO8P. The fraction of sp³-hybridized carbons (Fsp3) is 0.763. The standard InChI is InChI=1S/C76H136NO8P/c1-6-8-10-12-14-16-18-20-22-24-26-28-30-32-33-34-35-36-37-38-39-40-41-42-43-45-46-48-50-52-54-56-58-60-62-64-66-68-75(78)82-72-74(73-84-86(80,81)83-71-70-77(3,4)5)85-76(79)69-67-65-63-61-59-57-55-53-51-49-47-44-31-29-27-25-23-21-19-17-15-13-11-9-7-2/h9,11,15,17-18,20-21,23-24,26-27,29,44,47,51,53,74H,6-8,10,12-14,16,19,22,25,28,30-43,45-46,48-50,52,54-73H2,1-5H3/b11-9-,17-15-,20-18-,23-21-,26-24-,29-27-,47-44-,53-51-. The molecule has 0 aliphatic heterocycles. The zero-order chi connectivity index (χ0) is 62.6. The molecule has 0 radical (unpaired) electrons. The number of allylic oxidation sites excluding steroid dienone is 16. The Hall–Kier alpha value is -3.07. The maximum absolute atomic E-state index is 12.8. The smallest absolute Gasteiger partial charge is 0.306 e. The van der Waals surface area contributed by atoms with Crippen molar-refractivity contribution in [1.82, 2.24) is 0 Å². The Bertz CT molecular complexity index is 1770. The van der Waals surface area contributed by atoms with Gasteiger partial charge in [0.1, 0.15) is 19.8 Å². The fourth-order valence-corrected chi connectivity index (χ4v) is 10.8. The number of carbonyl (C=O) groups is 2. The number of ether oxygens (including phenoxy) is 2. The first-order valence-corrected chi connectivity index (χ1v) is 37.4. The van der Waals surface area contributed by atoms with Crippen molar-refractivity contribution < 1.29 is 42.1 Å². The molecule has 0 aromatic rings. The number of hydrogen-bond acceptors (Lipinski definition) is 8. The lowest BCUT2D eigenvalue weighted by atomic mass is 10.0. The fourth-order valence-electron chi connectivity index (χ4n) is 10.1. The number of hydrogen-bond donors (Lipinski definition) is 0. The highest BCUT2D eigenvalue weighted by Crippen LogP contribution is 2.38. The van der Waals surface area contributed by atoms with Gasteiger partial charge in [0.05, 0.1) is 27.7 Å². The van der Waals surface area contributed by atoms with E-state index in [0.717, 1.165) is 103 Å². The van der Waals surface area contributed by atoms with Gasteiger partial charge in [0.2, 0.25) is 0 Å². The van der Waals surface area contributed by atoms with Crippen LogP contribution in [0.15, 0.2) is 97.2 Å². The molecule has 0 heterocycles. The van der Waals surface area contributed by atoms with Crippen LogP contribution >= 0.6 is 7.82 Å². The van der Waals surface area contributed by atoms with Crippen molar-refractivity contribution in [3.05, 3.63) is 97.2 Å². The summed E-state index contributed by atoms with van der Waals surface area (Å²) in [6.45, 7) is 4.13. The van der Waals surface area contributed by atoms with E-state index in [9.17, 15) is 19.0 Å². The topological polar surface area (TPSA) is 111 Å². The average molecular weight is 1220 g/mol. The Morgan fingerprint density at radius 1 is 0.372 bits per heavy atom. The molecule has 2 atom stereocenters. The number of rotatable bonds is 66. The maximum Gasteiger partial charge on any atom is 0.306 e. The van der Waals surface area contributed by atoms with Gasteiger partial charge >= 0.3 is 11.9 Å². The summed E-state index contributed by atoms with van der Waals surface area (Å²) in [5, 5.41) is 0. The van der Waals surface area contributed by atoms with Crippen LogP contribution in [0.3, 0.4) is 0 Å². The summed E-state index contributed by atoms with van der Waals surface area (Å²) in [4.78, 5) is 38.1. The third kappa shape index (κ3) is 70.0. The van der Waals surface area contributed by atoms with Gasteiger partial charge in [-0.05, 0) is 96.3 Å². The molecule has 498 valence electrons. The third-order valence-electron chi connectivity index (χ3n) is 15.6. The monoisotopic (exact) mass is 1220 g/mol. The lowest BCUT2D eigenvalue weighted by Crippen LogP contribution is -2.37. The Morgan fingerprint density at radius 3 is 0.988 bits per heavy atom. The highest BCUT2D eigenvalue weighted by Gasteiger charge is 2.22. The first kappa shape index (κ1) is 82.9. The van der Waals surface area contributed by atoms with Gasteiger partial charge in [0.25, 0.3) is 7.82 Å². The second kappa shape index (κ2) is 66.4. The van der Waals surface area contributed by atoms with E-state index in [4.69, 9.17) is 18.5 Å². The van der Waals surface area contributed by atoms with E-state index < -0.39 is 26.5 Å². The van der Waals surface area contributed by atoms with Gasteiger partial charge in [0, 0.05) is 12.8 Å². The maximum atomic E-state index is 12.8. The zero-order valence-electron chi connectivity index (χ0n) is 56.7. The molecule has 10 heteroatoms. The van der Waals surface area contributed by atoms with Crippen LogP contribution in [0, 0.1) is 0 Å². The van der Waals surface area contributed by atoms with Crippen LogP contribution in [-0.4, -0.2) is 70.0 Å². The minimum Gasteiger partial charge on any atom is -0.756 e. The third-order valence-corrected chi connectivity index (χ3v) is 16.6. The number of quaternary nitrogens is 1. The van der Waals surface area contributed by atoms with E-state index in [1.54, 1.807) is 0 Å². The van der Waals surface area contributed by atoms with Gasteiger partial charge in [-0.1, -0.05) is 310 Å². The molecule has 0 saturated heterocycles. The molecule has 86 heavy (non-hydrogen) atoms. The van der Waals surface area contributed by atoms with Gasteiger partial charge in [-0.25, -0.2) is 0 Å². The van der Waals surface area contributed by atoms with Gasteiger partial charge in [-0.3, -0.25) is 14.2 Å². The van der Waals surface area contributed by atoms with E-state index in [1.807, 2.05) is 21.1 Å². The summed E-state index contributed by atoms with van der Waals surface area (Å²) in [5.74, 6) is -0.843. The second-order valence-electron chi connectivity index (χ2n) is 25.2. The summed E-state index contributed by atoms with van der Waals surface area (Å²) in [6.07, 6.45) is 92.2. The predicted molar refractivity (Wildman–Crippen MR) is 369 cm³/mol. The Labute approximate surface area is 532 Å². The first-order chi connectivity index (χ1) is 42.0. The van der Waals surface area contributed by atoms with Crippen molar-refractivity contribution in [2.75, 3.05) is 47.5 Å². The number of nitrogens with zero attached hydrogens (tertiary/aromatic N) is 1. The molecule has 0 aromatic heterocycles. The lowest BCUT2D eigenvalue weighted by molar-refractivity contribution is -0.870. The molecule has 0 spiro atoms. The van der Waals surface area contributed by atoms with Crippen LogP contribution in [0.25, 0.3) is 0 Å². The average Bonchev–Trinajstić information content (AvgIpc) is 3.70. The summed E-state index contributed by atoms with van der Waals surface area (Å²) in [6, 6.07) is 0. The molecule has 0 amide bonds. The van der Waals surface area contributed by atoms with Crippen LogP contribution in [0.1, 0.15) is 322 Å². The quantitative estimate of drug-likeness (QED) is 0.0195. The molecule has 2 unspecified atom stereocenters. The van der Waals surface area contributed by atoms with Crippen LogP contribution in [0.4, 0.5) is 0 Å². The van der Waals surface area contributed by atoms with Gasteiger partial charge in [0.15, 0.2) is 6.10 Å². The highest BCUT2D eigenvalue weighted by atomic mass is 31.2. The lowest BCUT2D eigenvalue weighted by Gasteiger charge is -2.28. The largest absolute Gasteiger partial charge is 0.756 e. The molecular weight excluding hydrogens is 1090 g/mol.